The van der Waals surface area contributed by atoms with E-state index in [1.807, 2.05) is 18.2 Å². The van der Waals surface area contributed by atoms with Crippen molar-refractivity contribution in [3.8, 4) is 5.75 Å². The molecule has 1 aliphatic heterocycles. The lowest BCUT2D eigenvalue weighted by atomic mass is 10.1. The van der Waals surface area contributed by atoms with E-state index < -0.39 is 23.7 Å². The standard InChI is InChI=1S/C20H22BrF3N2O.C2H2O4/c1-27-19-7-6-17(21)12-16(19)14-26-10-8-25(9-11-26)13-15-4-2-3-5-18(15)20(22,23)24;3-1(4)2(5)6/h2-7,12H,8-11,13-14H2,1H3;(H,3,4)(H,5,6). The Bertz CT molecular complexity index is 951. The molecule has 0 aliphatic carbocycles. The van der Waals surface area contributed by atoms with Gasteiger partial charge in [-0.2, -0.15) is 13.2 Å². The van der Waals surface area contributed by atoms with Gasteiger partial charge in [0.2, 0.25) is 0 Å². The van der Waals surface area contributed by atoms with E-state index in [1.54, 1.807) is 19.2 Å². The maximum atomic E-state index is 13.2. The molecule has 2 N–H and O–H groups in total. The molecule has 11 heteroatoms. The summed E-state index contributed by atoms with van der Waals surface area (Å²) in [6.45, 7) is 4.18. The van der Waals surface area contributed by atoms with Crippen LogP contribution in [0.4, 0.5) is 13.2 Å². The molecule has 0 atom stereocenters. The van der Waals surface area contributed by atoms with Gasteiger partial charge in [0.25, 0.3) is 0 Å². The van der Waals surface area contributed by atoms with Crippen LogP contribution in [0.5, 0.6) is 5.75 Å². The quantitative estimate of drug-likeness (QED) is 0.563. The lowest BCUT2D eigenvalue weighted by Gasteiger charge is -2.35. The number of carboxylic acids is 2. The number of piperazine rings is 1. The van der Waals surface area contributed by atoms with Gasteiger partial charge in [0.15, 0.2) is 0 Å². The molecule has 2 aromatic carbocycles. The van der Waals surface area contributed by atoms with Gasteiger partial charge < -0.3 is 14.9 Å². The SMILES string of the molecule is COc1ccc(Br)cc1CN1CCN(Cc2ccccc2C(F)(F)F)CC1.O=C(O)C(=O)O. The largest absolute Gasteiger partial charge is 0.496 e. The molecule has 1 aliphatic rings. The number of carbonyl (C=O) groups is 2. The molecule has 0 unspecified atom stereocenters. The molecule has 0 bridgehead atoms. The van der Waals surface area contributed by atoms with Crippen LogP contribution in [0.1, 0.15) is 16.7 Å². The van der Waals surface area contributed by atoms with Crippen molar-refractivity contribution < 1.29 is 37.7 Å². The summed E-state index contributed by atoms with van der Waals surface area (Å²) >= 11 is 3.49. The first-order valence-corrected chi connectivity index (χ1v) is 10.7. The van der Waals surface area contributed by atoms with Gasteiger partial charge in [0.05, 0.1) is 12.7 Å². The zero-order chi connectivity index (χ0) is 24.6. The molecular weight excluding hydrogens is 509 g/mol. The predicted octanol–water partition coefficient (Wildman–Crippen LogP) is 3.95. The Morgan fingerprint density at radius 1 is 0.939 bits per heavy atom. The minimum absolute atomic E-state index is 0.323. The fourth-order valence-electron chi connectivity index (χ4n) is 3.39. The molecule has 1 fully saturated rings. The smallest absolute Gasteiger partial charge is 0.416 e. The summed E-state index contributed by atoms with van der Waals surface area (Å²) in [7, 11) is 1.66. The highest BCUT2D eigenvalue weighted by Crippen LogP contribution is 2.32. The normalized spacial score (nSPS) is 14.8. The van der Waals surface area contributed by atoms with Crippen LogP contribution in [-0.4, -0.2) is 65.2 Å². The van der Waals surface area contributed by atoms with Crippen LogP contribution in [0.3, 0.4) is 0 Å². The van der Waals surface area contributed by atoms with Crippen molar-refractivity contribution >= 4 is 27.9 Å². The van der Waals surface area contributed by atoms with Gasteiger partial charge in [-0.3, -0.25) is 9.80 Å². The zero-order valence-electron chi connectivity index (χ0n) is 17.8. The third-order valence-corrected chi connectivity index (χ3v) is 5.49. The monoisotopic (exact) mass is 532 g/mol. The summed E-state index contributed by atoms with van der Waals surface area (Å²) in [5.41, 5.74) is 0.904. The van der Waals surface area contributed by atoms with E-state index in [1.165, 1.54) is 6.07 Å². The highest BCUT2D eigenvalue weighted by Gasteiger charge is 2.33. The lowest BCUT2D eigenvalue weighted by Crippen LogP contribution is -2.45. The van der Waals surface area contributed by atoms with E-state index in [0.717, 1.165) is 54.6 Å². The first-order valence-electron chi connectivity index (χ1n) is 9.89. The minimum atomic E-state index is -4.31. The number of ether oxygens (including phenoxy) is 1. The van der Waals surface area contributed by atoms with Crippen LogP contribution in [0.25, 0.3) is 0 Å². The Balaban J connectivity index is 0.000000569. The molecule has 1 saturated heterocycles. The Morgan fingerprint density at radius 2 is 1.45 bits per heavy atom. The van der Waals surface area contributed by atoms with Crippen LogP contribution in [0, 0.1) is 0 Å². The number of aliphatic carboxylic acids is 2. The van der Waals surface area contributed by atoms with Crippen molar-refractivity contribution in [2.45, 2.75) is 19.3 Å². The Labute approximate surface area is 197 Å². The summed E-state index contributed by atoms with van der Waals surface area (Å²) in [5, 5.41) is 14.8. The minimum Gasteiger partial charge on any atom is -0.496 e. The first kappa shape index (κ1) is 26.6. The molecule has 33 heavy (non-hydrogen) atoms. The second kappa shape index (κ2) is 12.0. The highest BCUT2D eigenvalue weighted by molar-refractivity contribution is 9.10. The molecule has 0 radical (unpaired) electrons. The van der Waals surface area contributed by atoms with Gasteiger partial charge in [-0.25, -0.2) is 9.59 Å². The molecule has 3 rings (SSSR count). The van der Waals surface area contributed by atoms with Gasteiger partial charge >= 0.3 is 18.1 Å². The summed E-state index contributed by atoms with van der Waals surface area (Å²) in [4.78, 5) is 22.6. The number of alkyl halides is 3. The fourth-order valence-corrected chi connectivity index (χ4v) is 3.80. The van der Waals surface area contributed by atoms with E-state index in [2.05, 4.69) is 25.7 Å². The molecule has 1 heterocycles. The van der Waals surface area contributed by atoms with Crippen LogP contribution < -0.4 is 4.74 Å². The number of rotatable bonds is 5. The van der Waals surface area contributed by atoms with Gasteiger partial charge in [-0.15, -0.1) is 0 Å². The molecule has 0 saturated carbocycles. The van der Waals surface area contributed by atoms with Crippen molar-refractivity contribution in [3.05, 3.63) is 63.6 Å². The maximum absolute atomic E-state index is 13.2. The van der Waals surface area contributed by atoms with Crippen molar-refractivity contribution in [2.24, 2.45) is 0 Å². The predicted molar refractivity (Wildman–Crippen MR) is 118 cm³/mol. The van der Waals surface area contributed by atoms with Crippen molar-refractivity contribution in [3.63, 3.8) is 0 Å². The summed E-state index contributed by atoms with van der Waals surface area (Å²) in [6.07, 6.45) is -4.31. The molecule has 0 amide bonds. The van der Waals surface area contributed by atoms with Gasteiger partial charge in [-0.05, 0) is 29.8 Å². The highest BCUT2D eigenvalue weighted by atomic mass is 79.9. The number of carboxylic acid groups (broad SMARTS) is 2. The van der Waals surface area contributed by atoms with Gasteiger partial charge in [0.1, 0.15) is 5.75 Å². The fraction of sp³-hybridized carbons (Fsp3) is 0.364. The number of hydrogen-bond acceptors (Lipinski definition) is 5. The molecule has 0 spiro atoms. The average Bonchev–Trinajstić information content (AvgIpc) is 2.75. The second-order valence-corrected chi connectivity index (χ2v) is 8.19. The topological polar surface area (TPSA) is 90.3 Å². The number of halogens is 4. The number of nitrogens with zero attached hydrogens (tertiary/aromatic N) is 2. The first-order chi connectivity index (χ1) is 15.5. The molecule has 180 valence electrons. The van der Waals surface area contributed by atoms with Crippen LogP contribution in [0.2, 0.25) is 0 Å². The summed E-state index contributed by atoms with van der Waals surface area (Å²) in [6, 6.07) is 11.8. The third-order valence-electron chi connectivity index (χ3n) is 5.00. The van der Waals surface area contributed by atoms with Gasteiger partial charge in [0, 0.05) is 49.3 Å². The number of benzene rings is 2. The van der Waals surface area contributed by atoms with Crippen LogP contribution >= 0.6 is 15.9 Å². The van der Waals surface area contributed by atoms with E-state index in [4.69, 9.17) is 24.5 Å². The number of methoxy groups -OCH3 is 1. The van der Waals surface area contributed by atoms with Crippen LogP contribution in [0.15, 0.2) is 46.9 Å². The molecule has 7 nitrogen and oxygen atoms in total. The molecule has 2 aromatic rings. The summed E-state index contributed by atoms with van der Waals surface area (Å²) in [5.74, 6) is -2.80. The maximum Gasteiger partial charge on any atom is 0.416 e. The Hall–Kier alpha value is -2.63. The molecule has 0 aromatic heterocycles. The van der Waals surface area contributed by atoms with E-state index in [9.17, 15) is 13.2 Å². The van der Waals surface area contributed by atoms with Crippen LogP contribution in [-0.2, 0) is 28.9 Å². The van der Waals surface area contributed by atoms with E-state index in [-0.39, 0.29) is 0 Å². The van der Waals surface area contributed by atoms with Gasteiger partial charge in [-0.1, -0.05) is 34.1 Å². The Kier molecular flexibility index (Phi) is 9.69. The zero-order valence-corrected chi connectivity index (χ0v) is 19.4. The van der Waals surface area contributed by atoms with E-state index in [0.29, 0.717) is 12.1 Å². The van der Waals surface area contributed by atoms with Crippen molar-refractivity contribution in [1.82, 2.24) is 9.80 Å². The lowest BCUT2D eigenvalue weighted by molar-refractivity contribution is -0.159. The number of hydrogen-bond donors (Lipinski definition) is 2. The van der Waals surface area contributed by atoms with E-state index >= 15 is 0 Å². The Morgan fingerprint density at radius 3 is 1.94 bits per heavy atom. The third kappa shape index (κ3) is 8.34. The van der Waals surface area contributed by atoms with Crippen molar-refractivity contribution in [2.75, 3.05) is 33.3 Å². The average molecular weight is 533 g/mol. The second-order valence-electron chi connectivity index (χ2n) is 7.27. The molecular formula is C22H24BrF3N2O5. The van der Waals surface area contributed by atoms with Crippen molar-refractivity contribution in [1.29, 1.82) is 0 Å². The summed E-state index contributed by atoms with van der Waals surface area (Å²) < 4.78 is 45.9.